The normalized spacial score (nSPS) is 13.8. The number of amidine groups is 2. The summed E-state index contributed by atoms with van der Waals surface area (Å²) < 4.78 is 17.5. The topological polar surface area (TPSA) is 263 Å². The van der Waals surface area contributed by atoms with Crippen LogP contribution in [0.1, 0.15) is 79.6 Å². The number of piperidine rings is 1. The Morgan fingerprint density at radius 2 is 1.65 bits per heavy atom. The number of amides is 3. The number of piperazine rings is 1. The van der Waals surface area contributed by atoms with Crippen molar-refractivity contribution in [1.82, 2.24) is 40.6 Å². The van der Waals surface area contributed by atoms with Crippen LogP contribution >= 0.6 is 0 Å². The van der Waals surface area contributed by atoms with Gasteiger partial charge in [0.25, 0.3) is 11.7 Å². The first-order chi connectivity index (χ1) is 38.1. The molecule has 0 spiro atoms. The number of hydrogen-bond donors (Lipinski definition) is 7. The number of phenolic OH excluding ortho intramolecular Hbond substituents is 2. The van der Waals surface area contributed by atoms with Crippen LogP contribution < -0.4 is 34.6 Å². The Morgan fingerprint density at radius 1 is 0.899 bits per heavy atom. The van der Waals surface area contributed by atoms with E-state index in [0.717, 1.165) is 48.4 Å². The quantitative estimate of drug-likeness (QED) is 0.0187. The molecule has 8 rings (SSSR count). The number of nitrogens with one attached hydrogen (secondary N) is 5. The highest BCUT2D eigenvalue weighted by Gasteiger charge is 2.32. The molecule has 7 N–H and O–H groups in total. The van der Waals surface area contributed by atoms with Gasteiger partial charge in [-0.1, -0.05) is 38.6 Å². The molecule has 0 radical (unpaired) electrons. The number of rotatable bonds is 18. The first kappa shape index (κ1) is 56.2. The SMILES string of the molecule is [C-]#[N+]c1cnc(Cc2cc(-c3c(OC)cccc3OCCCNC(=O)Oc3ccc(N4CCN(C(=O)C5CCN(Cc6ccc(N(C(=N)C(=O)NCC)C(=N)c7cc(C(C)C)c(O)cc7O)cc6)CC5)CC4)cc3C)n[nH]2)cn1. The van der Waals surface area contributed by atoms with Crippen LogP contribution in [0.2, 0.25) is 0 Å². The fourth-order valence-corrected chi connectivity index (χ4v) is 9.72. The molecule has 3 amide bonds. The molecule has 79 heavy (non-hydrogen) atoms. The zero-order valence-electron chi connectivity index (χ0n) is 45.1. The Kier molecular flexibility index (Phi) is 18.4. The molecular weight excluding hydrogens is 1010 g/mol. The number of nitrogens with zero attached hydrogens (tertiary/aromatic N) is 8. The van der Waals surface area contributed by atoms with E-state index in [1.54, 1.807) is 38.4 Å². The van der Waals surface area contributed by atoms with Gasteiger partial charge in [0.1, 0.15) is 40.8 Å². The smallest absolute Gasteiger partial charge is 0.412 e. The van der Waals surface area contributed by atoms with Gasteiger partial charge in [-0.3, -0.25) is 40.3 Å². The van der Waals surface area contributed by atoms with Crippen LogP contribution in [-0.2, 0) is 22.6 Å². The van der Waals surface area contributed by atoms with E-state index in [1.807, 2.05) is 74.2 Å². The summed E-state index contributed by atoms with van der Waals surface area (Å²) in [4.78, 5) is 59.0. The van der Waals surface area contributed by atoms with Gasteiger partial charge in [0.2, 0.25) is 5.91 Å². The van der Waals surface area contributed by atoms with Gasteiger partial charge < -0.3 is 49.7 Å². The van der Waals surface area contributed by atoms with E-state index >= 15 is 0 Å². The Bertz CT molecular complexity index is 3200. The number of likely N-dealkylation sites (N-methyl/N-ethyl adjacent to an activating group) is 1. The van der Waals surface area contributed by atoms with Crippen molar-refractivity contribution >= 4 is 46.8 Å². The summed E-state index contributed by atoms with van der Waals surface area (Å²) in [6.45, 7) is 20.1. The summed E-state index contributed by atoms with van der Waals surface area (Å²) in [5.41, 5.74) is 6.57. The van der Waals surface area contributed by atoms with Crippen LogP contribution in [0.3, 0.4) is 0 Å². The monoisotopic (exact) mass is 1070 g/mol. The van der Waals surface area contributed by atoms with Crippen molar-refractivity contribution in [3.05, 3.63) is 136 Å². The van der Waals surface area contributed by atoms with E-state index in [0.29, 0.717) is 104 Å². The molecule has 2 aliphatic heterocycles. The molecule has 2 aliphatic rings. The molecule has 4 heterocycles. The van der Waals surface area contributed by atoms with Gasteiger partial charge in [0, 0.05) is 81.3 Å². The Balaban J connectivity index is 0.761. The van der Waals surface area contributed by atoms with E-state index in [4.69, 9.17) is 31.6 Å². The molecule has 2 aromatic heterocycles. The third-order valence-corrected chi connectivity index (χ3v) is 14.0. The summed E-state index contributed by atoms with van der Waals surface area (Å²) in [6, 6.07) is 23.1. The summed E-state index contributed by atoms with van der Waals surface area (Å²) in [6.07, 6.45) is 4.86. The van der Waals surface area contributed by atoms with Crippen molar-refractivity contribution in [3.8, 4) is 40.0 Å². The molecule has 0 atom stereocenters. The first-order valence-corrected chi connectivity index (χ1v) is 26.4. The molecule has 0 aliphatic carbocycles. The summed E-state index contributed by atoms with van der Waals surface area (Å²) in [5, 5.41) is 52.0. The number of aromatic hydroxyl groups is 2. The second-order valence-corrected chi connectivity index (χ2v) is 19.7. The lowest BCUT2D eigenvalue weighted by molar-refractivity contribution is -0.137. The van der Waals surface area contributed by atoms with Crippen molar-refractivity contribution in [2.24, 2.45) is 5.92 Å². The Labute approximate surface area is 459 Å². The van der Waals surface area contributed by atoms with Gasteiger partial charge in [-0.2, -0.15) is 5.10 Å². The van der Waals surface area contributed by atoms with Crippen LogP contribution in [0.15, 0.2) is 91.3 Å². The van der Waals surface area contributed by atoms with Gasteiger partial charge in [0.05, 0.1) is 42.4 Å². The van der Waals surface area contributed by atoms with E-state index in [1.165, 1.54) is 23.2 Å². The van der Waals surface area contributed by atoms with Crippen molar-refractivity contribution in [2.75, 3.05) is 75.9 Å². The van der Waals surface area contributed by atoms with E-state index in [9.17, 15) is 24.6 Å². The molecule has 21 nitrogen and oxygen atoms in total. The number of aromatic amines is 1. The minimum absolute atomic E-state index is 0.0670. The average Bonchev–Trinajstić information content (AvgIpc) is 3.97. The number of aromatic nitrogens is 4. The lowest BCUT2D eigenvalue weighted by Gasteiger charge is -2.39. The van der Waals surface area contributed by atoms with Gasteiger partial charge in [-0.15, -0.1) is 4.98 Å². The third kappa shape index (κ3) is 13.8. The molecular formula is C58H67N13O8. The van der Waals surface area contributed by atoms with Gasteiger partial charge in [-0.25, -0.2) is 4.79 Å². The number of ether oxygens (including phenoxy) is 3. The van der Waals surface area contributed by atoms with Gasteiger partial charge in [0.15, 0.2) is 5.84 Å². The number of H-pyrrole nitrogens is 1. The lowest BCUT2D eigenvalue weighted by Crippen LogP contribution is -2.51. The predicted molar refractivity (Wildman–Crippen MR) is 300 cm³/mol. The number of anilines is 2. The van der Waals surface area contributed by atoms with Crippen LogP contribution in [0.25, 0.3) is 16.1 Å². The largest absolute Gasteiger partial charge is 0.508 e. The fourth-order valence-electron chi connectivity index (χ4n) is 9.72. The third-order valence-electron chi connectivity index (χ3n) is 14.0. The number of benzene rings is 4. The number of carbonyl (C=O) groups is 3. The van der Waals surface area contributed by atoms with Crippen molar-refractivity contribution in [2.45, 2.75) is 65.8 Å². The fraction of sp³-hybridized carbons (Fsp3) is 0.362. The minimum Gasteiger partial charge on any atom is -0.508 e. The second-order valence-electron chi connectivity index (χ2n) is 19.7. The van der Waals surface area contributed by atoms with Crippen LogP contribution in [0.4, 0.5) is 22.0 Å². The first-order valence-electron chi connectivity index (χ1n) is 26.4. The second kappa shape index (κ2) is 25.9. The maximum atomic E-state index is 13.8. The average molecular weight is 1070 g/mol. The van der Waals surface area contributed by atoms with Crippen molar-refractivity contribution in [1.29, 1.82) is 10.8 Å². The minimum atomic E-state index is -0.675. The van der Waals surface area contributed by atoms with Crippen molar-refractivity contribution in [3.63, 3.8) is 0 Å². The summed E-state index contributed by atoms with van der Waals surface area (Å²) in [5.74, 6) is -0.0360. The van der Waals surface area contributed by atoms with Crippen molar-refractivity contribution < 1.29 is 38.8 Å². The number of likely N-dealkylation sites (tertiary alicyclic amines) is 1. The Hall–Kier alpha value is -9.03. The van der Waals surface area contributed by atoms with Gasteiger partial charge >= 0.3 is 6.09 Å². The van der Waals surface area contributed by atoms with E-state index in [-0.39, 0.29) is 53.0 Å². The Morgan fingerprint density at radius 3 is 2.32 bits per heavy atom. The number of phenols is 2. The van der Waals surface area contributed by atoms with Crippen LogP contribution in [0.5, 0.6) is 28.7 Å². The molecule has 412 valence electrons. The summed E-state index contributed by atoms with van der Waals surface area (Å²) >= 11 is 0. The predicted octanol–water partition coefficient (Wildman–Crippen LogP) is 7.92. The number of methoxy groups -OCH3 is 1. The molecule has 0 bridgehead atoms. The highest BCUT2D eigenvalue weighted by Crippen LogP contribution is 2.38. The molecule has 0 unspecified atom stereocenters. The standard InChI is InChI=1S/C58H67N13O8/c1-7-62-56(74)55(60)71(54(59)45-31-44(36(2)3)47(72)32-48(45)73)42-14-12-38(13-15-42)35-68-21-18-39(19-22-68)57(75)70-25-23-69(24-26-70)43-16-17-49(37(4)28-43)79-58(76)63-20-9-27-78-51-11-8-10-50(77-6)53(51)46-30-40(66-67-46)29-41-33-65-52(61-5)34-64-41/h8,10-17,28,30-34,36,39,59-60,72-73H,7,9,18-27,29,35H2,1-4,6H3,(H,62,74)(H,63,76)(H,66,67). The highest BCUT2D eigenvalue weighted by molar-refractivity contribution is 6.48. The highest BCUT2D eigenvalue weighted by atomic mass is 16.6. The van der Waals surface area contributed by atoms with E-state index in [2.05, 4.69) is 45.4 Å². The lowest BCUT2D eigenvalue weighted by atomic mass is 9.94. The zero-order valence-corrected chi connectivity index (χ0v) is 45.1. The number of aryl methyl sites for hydroxylation is 1. The maximum Gasteiger partial charge on any atom is 0.412 e. The molecule has 2 fully saturated rings. The van der Waals surface area contributed by atoms with E-state index < -0.39 is 17.8 Å². The molecule has 0 saturated carbocycles. The maximum absolute atomic E-state index is 13.8. The molecule has 2 saturated heterocycles. The molecule has 21 heteroatoms. The molecule has 4 aromatic carbocycles. The summed E-state index contributed by atoms with van der Waals surface area (Å²) in [7, 11) is 1.58. The zero-order chi connectivity index (χ0) is 56.2. The van der Waals surface area contributed by atoms with Crippen LogP contribution in [0, 0.1) is 30.2 Å². The number of hydrogen-bond acceptors (Lipinski definition) is 15. The van der Waals surface area contributed by atoms with Crippen LogP contribution in [-0.4, -0.2) is 136 Å². The number of carbonyl (C=O) groups excluding carboxylic acids is 3. The van der Waals surface area contributed by atoms with Gasteiger partial charge in [-0.05, 0) is 123 Å². The molecule has 6 aromatic rings.